The van der Waals surface area contributed by atoms with Crippen LogP contribution in [0.1, 0.15) is 42.3 Å². The molecule has 4 amide bonds. The van der Waals surface area contributed by atoms with Crippen molar-refractivity contribution in [2.24, 2.45) is 0 Å². The quantitative estimate of drug-likeness (QED) is 0.303. The van der Waals surface area contributed by atoms with E-state index in [0.717, 1.165) is 36.0 Å². The van der Waals surface area contributed by atoms with Crippen molar-refractivity contribution >= 4 is 50.8 Å². The van der Waals surface area contributed by atoms with Crippen LogP contribution in [0.25, 0.3) is 10.2 Å². The molecule has 2 aliphatic heterocycles. The van der Waals surface area contributed by atoms with Gasteiger partial charge in [0.25, 0.3) is 5.91 Å². The van der Waals surface area contributed by atoms with Gasteiger partial charge >= 0.3 is 6.03 Å². The summed E-state index contributed by atoms with van der Waals surface area (Å²) in [5.41, 5.74) is 2.64. The number of dihydropyridines is 1. The molecule has 1 aliphatic carbocycles. The number of rotatable bonds is 7. The molecule has 4 heterocycles. The molecule has 2 aromatic heterocycles. The summed E-state index contributed by atoms with van der Waals surface area (Å²) in [5.74, 6) is 0.254. The normalized spacial score (nSPS) is 21.6. The molecule has 10 nitrogen and oxygen atoms in total. The second-order valence-corrected chi connectivity index (χ2v) is 11.2. The predicted octanol–water partition coefficient (Wildman–Crippen LogP) is 4.79. The van der Waals surface area contributed by atoms with Crippen LogP contribution in [0.15, 0.2) is 78.8 Å². The Morgan fingerprint density at radius 2 is 1.95 bits per heavy atom. The number of hydrogen-bond donors (Lipinski definition) is 4. The Balaban J connectivity index is 1.23. The molecule has 1 saturated carbocycles. The number of allylic oxidation sites excluding steroid dienone is 1. The van der Waals surface area contributed by atoms with E-state index in [1.54, 1.807) is 23.4 Å². The first-order valence-corrected chi connectivity index (χ1v) is 14.4. The summed E-state index contributed by atoms with van der Waals surface area (Å²) in [5, 5.41) is 12.9. The number of thiophene rings is 1. The maximum absolute atomic E-state index is 13.5. The second kappa shape index (κ2) is 11.1. The van der Waals surface area contributed by atoms with Gasteiger partial charge in [-0.1, -0.05) is 24.8 Å². The highest BCUT2D eigenvalue weighted by Gasteiger charge is 2.35. The van der Waals surface area contributed by atoms with E-state index in [1.165, 1.54) is 17.4 Å². The number of aromatic nitrogens is 1. The highest BCUT2D eigenvalue weighted by atomic mass is 32.1. The Bertz CT molecular complexity index is 1600. The molecule has 4 N–H and O–H groups in total. The third kappa shape index (κ3) is 5.28. The number of benzene rings is 1. The summed E-state index contributed by atoms with van der Waals surface area (Å²) >= 11 is 1.25. The minimum atomic E-state index is -0.386. The van der Waals surface area contributed by atoms with Gasteiger partial charge in [-0.15, -0.1) is 11.3 Å². The molecule has 0 bridgehead atoms. The van der Waals surface area contributed by atoms with Crippen LogP contribution in [0, 0.1) is 0 Å². The third-order valence-electron chi connectivity index (χ3n) is 7.43. The fourth-order valence-corrected chi connectivity index (χ4v) is 6.56. The molecular formula is C30H30N6O4S. The molecule has 6 rings (SSSR count). The molecule has 3 aromatic rings. The largest absolute Gasteiger partial charge is 0.467 e. The topological polar surface area (TPSA) is 125 Å². The van der Waals surface area contributed by atoms with Crippen LogP contribution in [0.3, 0.4) is 0 Å². The van der Waals surface area contributed by atoms with Crippen molar-refractivity contribution in [3.8, 4) is 5.75 Å². The predicted molar refractivity (Wildman–Crippen MR) is 159 cm³/mol. The maximum Gasteiger partial charge on any atom is 0.331 e. The molecule has 1 aromatic carbocycles. The van der Waals surface area contributed by atoms with Crippen LogP contribution >= 0.6 is 11.3 Å². The molecule has 11 heteroatoms. The van der Waals surface area contributed by atoms with Gasteiger partial charge in [0.1, 0.15) is 15.5 Å². The summed E-state index contributed by atoms with van der Waals surface area (Å²) in [6.45, 7) is 5.44. The SMILES string of the molecule is C=CC(=O)N[C@H]1CCC[C@H](NC(=O)c2sc3nccc4c3c2NC(=O)N4C2=CNC(Oc3ccccc3)C=C2C)C1. The summed E-state index contributed by atoms with van der Waals surface area (Å²) in [6.07, 6.45) is 9.41. The van der Waals surface area contributed by atoms with Gasteiger partial charge in [-0.05, 0) is 68.5 Å². The molecule has 1 fully saturated rings. The number of nitrogens with one attached hydrogen (secondary N) is 4. The Morgan fingerprint density at radius 3 is 2.71 bits per heavy atom. The van der Waals surface area contributed by atoms with Crippen molar-refractivity contribution in [1.82, 2.24) is 20.9 Å². The van der Waals surface area contributed by atoms with E-state index >= 15 is 0 Å². The van der Waals surface area contributed by atoms with Crippen molar-refractivity contribution in [2.45, 2.75) is 50.9 Å². The highest BCUT2D eigenvalue weighted by Crippen LogP contribution is 2.45. The number of ether oxygens (including phenoxy) is 1. The van der Waals surface area contributed by atoms with Gasteiger partial charge in [-0.2, -0.15) is 0 Å². The lowest BCUT2D eigenvalue weighted by Crippen LogP contribution is -2.45. The first-order chi connectivity index (χ1) is 19.9. The first kappa shape index (κ1) is 26.6. The van der Waals surface area contributed by atoms with Crippen LogP contribution in [-0.2, 0) is 4.79 Å². The summed E-state index contributed by atoms with van der Waals surface area (Å²) < 4.78 is 6.00. The lowest BCUT2D eigenvalue weighted by atomic mass is 9.91. The molecule has 3 aliphatic rings. The number of hydrogen-bond acceptors (Lipinski definition) is 7. The van der Waals surface area contributed by atoms with Crippen molar-refractivity contribution < 1.29 is 19.1 Å². The average Bonchev–Trinajstić information content (AvgIpc) is 3.34. The monoisotopic (exact) mass is 570 g/mol. The smallest absolute Gasteiger partial charge is 0.331 e. The van der Waals surface area contributed by atoms with E-state index in [-0.39, 0.29) is 36.2 Å². The van der Waals surface area contributed by atoms with Gasteiger partial charge in [0.05, 0.1) is 22.5 Å². The number of urea groups is 1. The molecule has 0 spiro atoms. The zero-order valence-electron chi connectivity index (χ0n) is 22.5. The van der Waals surface area contributed by atoms with E-state index in [9.17, 15) is 14.4 Å². The van der Waals surface area contributed by atoms with Gasteiger partial charge < -0.3 is 26.0 Å². The lowest BCUT2D eigenvalue weighted by molar-refractivity contribution is -0.117. The van der Waals surface area contributed by atoms with Gasteiger partial charge in [-0.25, -0.2) is 9.78 Å². The van der Waals surface area contributed by atoms with E-state index in [4.69, 9.17) is 4.74 Å². The number of anilines is 2. The van der Waals surface area contributed by atoms with E-state index < -0.39 is 0 Å². The van der Waals surface area contributed by atoms with Crippen molar-refractivity contribution in [1.29, 1.82) is 0 Å². The standard InChI is InChI=1S/C30H30N6O4S/c1-3-23(37)33-18-8-7-9-19(15-18)34-28(38)27-26-25-21(12-13-31-29(25)41-27)36(30(39)35-26)22-16-32-24(14-17(22)2)40-20-10-5-4-6-11-20/h3-6,10-14,16,18-19,24,32H,1,7-9,15H2,2H3,(H,33,37)(H,34,38)(H,35,39)/t18-,19-,24?/m0/s1. The molecule has 0 saturated heterocycles. The summed E-state index contributed by atoms with van der Waals surface area (Å²) in [7, 11) is 0. The molecule has 1 unspecified atom stereocenters. The Labute approximate surface area is 241 Å². The van der Waals surface area contributed by atoms with Crippen LogP contribution in [0.5, 0.6) is 5.75 Å². The van der Waals surface area contributed by atoms with Crippen molar-refractivity contribution in [2.75, 3.05) is 10.2 Å². The Hall–Kier alpha value is -4.64. The lowest BCUT2D eigenvalue weighted by Gasteiger charge is -2.33. The Kier molecular flexibility index (Phi) is 7.19. The fraction of sp³-hybridized carbons (Fsp3) is 0.267. The van der Waals surface area contributed by atoms with Gasteiger partial charge in [0, 0.05) is 24.5 Å². The molecule has 210 valence electrons. The van der Waals surface area contributed by atoms with E-state index in [1.807, 2.05) is 43.3 Å². The zero-order valence-corrected chi connectivity index (χ0v) is 23.3. The van der Waals surface area contributed by atoms with E-state index in [2.05, 4.69) is 32.8 Å². The molecule has 0 radical (unpaired) electrons. The minimum absolute atomic E-state index is 0.0202. The average molecular weight is 571 g/mol. The van der Waals surface area contributed by atoms with E-state index in [0.29, 0.717) is 33.2 Å². The summed E-state index contributed by atoms with van der Waals surface area (Å²) in [4.78, 5) is 45.9. The molecular weight excluding hydrogens is 540 g/mol. The minimum Gasteiger partial charge on any atom is -0.467 e. The van der Waals surface area contributed by atoms with Gasteiger partial charge in [0.15, 0.2) is 6.23 Å². The molecule has 3 atom stereocenters. The maximum atomic E-state index is 13.5. The fourth-order valence-electron chi connectivity index (χ4n) is 5.54. The molecule has 41 heavy (non-hydrogen) atoms. The van der Waals surface area contributed by atoms with Gasteiger partial charge in [-0.3, -0.25) is 14.5 Å². The van der Waals surface area contributed by atoms with Crippen molar-refractivity contribution in [3.05, 3.63) is 83.7 Å². The van der Waals surface area contributed by atoms with Crippen LogP contribution < -0.4 is 30.9 Å². The number of carbonyl (C=O) groups is 3. The number of carbonyl (C=O) groups excluding carboxylic acids is 3. The summed E-state index contributed by atoms with van der Waals surface area (Å²) in [6, 6.07) is 10.8. The zero-order chi connectivity index (χ0) is 28.5. The van der Waals surface area contributed by atoms with Crippen LogP contribution in [0.2, 0.25) is 0 Å². The number of para-hydroxylation sites is 1. The Morgan fingerprint density at radius 1 is 1.17 bits per heavy atom. The number of pyridine rings is 1. The van der Waals surface area contributed by atoms with Gasteiger partial charge in [0.2, 0.25) is 5.91 Å². The van der Waals surface area contributed by atoms with Crippen LogP contribution in [0.4, 0.5) is 16.2 Å². The second-order valence-electron chi connectivity index (χ2n) is 10.2. The van der Waals surface area contributed by atoms with Crippen molar-refractivity contribution in [3.63, 3.8) is 0 Å². The van der Waals surface area contributed by atoms with Crippen LogP contribution in [-0.4, -0.2) is 41.1 Å². The highest BCUT2D eigenvalue weighted by molar-refractivity contribution is 7.21. The number of amides is 4. The number of nitrogens with zero attached hydrogens (tertiary/aromatic N) is 2. The first-order valence-electron chi connectivity index (χ1n) is 13.5. The third-order valence-corrected chi connectivity index (χ3v) is 8.53.